The van der Waals surface area contributed by atoms with Crippen molar-refractivity contribution in [2.24, 2.45) is 5.92 Å². The summed E-state index contributed by atoms with van der Waals surface area (Å²) in [6.45, 7) is 3.11. The van der Waals surface area contributed by atoms with Gasteiger partial charge in [-0.05, 0) is 49.9 Å². The molecule has 2 fully saturated rings. The van der Waals surface area contributed by atoms with Crippen molar-refractivity contribution in [3.63, 3.8) is 0 Å². The number of hydrogen-bond donors (Lipinski definition) is 2. The van der Waals surface area contributed by atoms with Gasteiger partial charge in [-0.1, -0.05) is 6.07 Å². The fourth-order valence-corrected chi connectivity index (χ4v) is 2.82. The van der Waals surface area contributed by atoms with Gasteiger partial charge in [0.2, 0.25) is 0 Å². The lowest BCUT2D eigenvalue weighted by atomic mass is 10.1. The number of nitrogens with one attached hydrogen (secondary N) is 1. The smallest absolute Gasteiger partial charge is 0.251 e. The van der Waals surface area contributed by atoms with Crippen molar-refractivity contribution in [2.75, 3.05) is 25.4 Å². The lowest BCUT2D eigenvalue weighted by Gasteiger charge is -2.15. The van der Waals surface area contributed by atoms with Crippen LogP contribution in [0.1, 0.15) is 29.6 Å². The Morgan fingerprint density at radius 2 is 2.05 bits per heavy atom. The summed E-state index contributed by atoms with van der Waals surface area (Å²) >= 11 is 0. The number of carbonyl (C=O) groups excluding carboxylic acids is 1. The fourth-order valence-electron chi connectivity index (χ4n) is 2.82. The molecule has 2 aliphatic rings. The number of benzene rings is 1. The zero-order valence-electron chi connectivity index (χ0n) is 12.0. The Hall–Kier alpha value is -0.970. The van der Waals surface area contributed by atoms with Gasteiger partial charge in [0.15, 0.2) is 0 Å². The molecule has 6 heteroatoms. The third-order valence-corrected chi connectivity index (χ3v) is 4.08. The first-order valence-corrected chi connectivity index (χ1v) is 7.10. The molecule has 118 valence electrons. The maximum atomic E-state index is 12.0. The van der Waals surface area contributed by atoms with E-state index in [9.17, 15) is 4.79 Å². The van der Waals surface area contributed by atoms with Gasteiger partial charge in [-0.2, -0.15) is 0 Å². The van der Waals surface area contributed by atoms with E-state index in [1.54, 1.807) is 18.2 Å². The van der Waals surface area contributed by atoms with Crippen molar-refractivity contribution < 1.29 is 4.79 Å². The van der Waals surface area contributed by atoms with E-state index in [1.807, 2.05) is 6.07 Å². The van der Waals surface area contributed by atoms with Gasteiger partial charge in [0.1, 0.15) is 0 Å². The van der Waals surface area contributed by atoms with Gasteiger partial charge in [-0.15, -0.1) is 24.8 Å². The summed E-state index contributed by atoms with van der Waals surface area (Å²) in [6, 6.07) is 7.97. The highest BCUT2D eigenvalue weighted by atomic mass is 35.5. The minimum Gasteiger partial charge on any atom is -0.399 e. The number of nitrogens with zero attached hydrogens (tertiary/aromatic N) is 1. The second-order valence-corrected chi connectivity index (χ2v) is 5.72. The lowest BCUT2D eigenvalue weighted by Crippen LogP contribution is -2.31. The van der Waals surface area contributed by atoms with Gasteiger partial charge in [0, 0.05) is 30.4 Å². The zero-order valence-corrected chi connectivity index (χ0v) is 13.6. The molecule has 21 heavy (non-hydrogen) atoms. The van der Waals surface area contributed by atoms with Gasteiger partial charge >= 0.3 is 0 Å². The van der Waals surface area contributed by atoms with Crippen LogP contribution in [0.5, 0.6) is 0 Å². The topological polar surface area (TPSA) is 58.4 Å². The standard InChI is InChI=1S/C15H21N3O.2ClH/c16-13-3-1-2-12(8-13)15(19)17-9-11-6-7-18(10-11)14-4-5-14;;/h1-3,8,11,14H,4-7,9-10,16H2,(H,17,19);2*1H. The minimum absolute atomic E-state index is 0. The third-order valence-electron chi connectivity index (χ3n) is 4.08. The number of halogens is 2. The summed E-state index contributed by atoms with van der Waals surface area (Å²) in [5, 5.41) is 3.03. The molecule has 1 saturated heterocycles. The van der Waals surface area contributed by atoms with Gasteiger partial charge in [0.25, 0.3) is 5.91 Å². The Labute approximate surface area is 138 Å². The fraction of sp³-hybridized carbons (Fsp3) is 0.533. The summed E-state index contributed by atoms with van der Waals surface area (Å²) in [5.74, 6) is 0.586. The number of anilines is 1. The van der Waals surface area contributed by atoms with Crippen molar-refractivity contribution >= 4 is 36.4 Å². The van der Waals surface area contributed by atoms with Crippen LogP contribution in [-0.2, 0) is 0 Å². The van der Waals surface area contributed by atoms with E-state index in [-0.39, 0.29) is 30.7 Å². The van der Waals surface area contributed by atoms with Gasteiger partial charge in [0.05, 0.1) is 0 Å². The molecule has 1 heterocycles. The summed E-state index contributed by atoms with van der Waals surface area (Å²) in [7, 11) is 0. The Morgan fingerprint density at radius 3 is 2.71 bits per heavy atom. The summed E-state index contributed by atoms with van der Waals surface area (Å²) in [6.07, 6.45) is 3.93. The second-order valence-electron chi connectivity index (χ2n) is 5.72. The number of nitrogens with two attached hydrogens (primary N) is 1. The van der Waals surface area contributed by atoms with Crippen LogP contribution in [0.15, 0.2) is 24.3 Å². The van der Waals surface area contributed by atoms with Crippen molar-refractivity contribution in [1.82, 2.24) is 10.2 Å². The number of amides is 1. The molecule has 1 aromatic rings. The molecule has 0 spiro atoms. The Morgan fingerprint density at radius 1 is 1.29 bits per heavy atom. The van der Waals surface area contributed by atoms with E-state index in [0.717, 1.165) is 19.1 Å². The first-order valence-electron chi connectivity index (χ1n) is 7.10. The molecule has 1 unspecified atom stereocenters. The van der Waals surface area contributed by atoms with Gasteiger partial charge < -0.3 is 16.0 Å². The number of carbonyl (C=O) groups is 1. The van der Waals surface area contributed by atoms with Crippen molar-refractivity contribution in [3.05, 3.63) is 29.8 Å². The van der Waals surface area contributed by atoms with Crippen LogP contribution < -0.4 is 11.1 Å². The van der Waals surface area contributed by atoms with Crippen LogP contribution in [0.2, 0.25) is 0 Å². The zero-order chi connectivity index (χ0) is 13.2. The summed E-state index contributed by atoms with van der Waals surface area (Å²) in [5.41, 5.74) is 6.97. The molecule has 0 bridgehead atoms. The van der Waals surface area contributed by atoms with Gasteiger partial charge in [-0.25, -0.2) is 0 Å². The van der Waals surface area contributed by atoms with Crippen LogP contribution in [0.3, 0.4) is 0 Å². The lowest BCUT2D eigenvalue weighted by molar-refractivity contribution is 0.0947. The van der Waals surface area contributed by atoms with E-state index in [0.29, 0.717) is 17.2 Å². The number of hydrogen-bond acceptors (Lipinski definition) is 3. The SMILES string of the molecule is Cl.Cl.Nc1cccc(C(=O)NCC2CCN(C3CC3)C2)c1. The van der Waals surface area contributed by atoms with Crippen molar-refractivity contribution in [3.8, 4) is 0 Å². The molecule has 1 saturated carbocycles. The molecule has 1 aliphatic carbocycles. The Kier molecular flexibility index (Phi) is 6.78. The van der Waals surface area contributed by atoms with E-state index < -0.39 is 0 Å². The van der Waals surface area contributed by atoms with Crippen molar-refractivity contribution in [1.29, 1.82) is 0 Å². The number of likely N-dealkylation sites (tertiary alicyclic amines) is 1. The van der Waals surface area contributed by atoms with Crippen LogP contribution in [0.4, 0.5) is 5.69 Å². The minimum atomic E-state index is -0.0165. The van der Waals surface area contributed by atoms with Crippen LogP contribution >= 0.6 is 24.8 Å². The second kappa shape index (κ2) is 7.87. The number of nitrogen functional groups attached to an aromatic ring is 1. The Balaban J connectivity index is 0.00000110. The van der Waals surface area contributed by atoms with Crippen LogP contribution in [0, 0.1) is 5.92 Å². The molecule has 1 amide bonds. The molecule has 1 aliphatic heterocycles. The quantitative estimate of drug-likeness (QED) is 0.832. The summed E-state index contributed by atoms with van der Waals surface area (Å²) in [4.78, 5) is 14.6. The van der Waals surface area contributed by atoms with E-state index in [2.05, 4.69) is 10.2 Å². The molecule has 0 aromatic heterocycles. The molecule has 1 atom stereocenters. The third kappa shape index (κ3) is 4.77. The monoisotopic (exact) mass is 331 g/mol. The molecule has 0 radical (unpaired) electrons. The Bertz CT molecular complexity index is 480. The maximum absolute atomic E-state index is 12.0. The molecule has 1 aromatic carbocycles. The average molecular weight is 332 g/mol. The average Bonchev–Trinajstić information content (AvgIpc) is 3.15. The van der Waals surface area contributed by atoms with E-state index >= 15 is 0 Å². The predicted molar refractivity (Wildman–Crippen MR) is 90.4 cm³/mol. The molecule has 3 rings (SSSR count). The summed E-state index contributed by atoms with van der Waals surface area (Å²) < 4.78 is 0. The highest BCUT2D eigenvalue weighted by molar-refractivity contribution is 5.94. The first kappa shape index (κ1) is 18.1. The normalized spacial score (nSPS) is 21.2. The molecular weight excluding hydrogens is 309 g/mol. The predicted octanol–water partition coefficient (Wildman–Crippen LogP) is 2.33. The van der Waals surface area contributed by atoms with Crippen molar-refractivity contribution in [2.45, 2.75) is 25.3 Å². The maximum Gasteiger partial charge on any atom is 0.251 e. The first-order chi connectivity index (χ1) is 9.22. The van der Waals surface area contributed by atoms with E-state index in [1.165, 1.54) is 25.8 Å². The largest absolute Gasteiger partial charge is 0.399 e. The van der Waals surface area contributed by atoms with Crippen LogP contribution in [-0.4, -0.2) is 36.5 Å². The highest BCUT2D eigenvalue weighted by Gasteiger charge is 2.34. The highest BCUT2D eigenvalue weighted by Crippen LogP contribution is 2.31. The molecule has 3 N–H and O–H groups in total. The number of rotatable bonds is 4. The van der Waals surface area contributed by atoms with Gasteiger partial charge in [-0.3, -0.25) is 4.79 Å². The molecular formula is C15H23Cl2N3O. The van der Waals surface area contributed by atoms with E-state index in [4.69, 9.17) is 5.73 Å². The van der Waals surface area contributed by atoms with Crippen LogP contribution in [0.25, 0.3) is 0 Å². The molecule has 4 nitrogen and oxygen atoms in total.